The van der Waals surface area contributed by atoms with E-state index in [1.54, 1.807) is 0 Å². The van der Waals surface area contributed by atoms with Crippen LogP contribution in [0.5, 0.6) is 0 Å². The van der Waals surface area contributed by atoms with Crippen LogP contribution < -0.4 is 5.32 Å². The number of nitrogens with one attached hydrogen (secondary N) is 1. The average Bonchev–Trinajstić information content (AvgIpc) is 1.85. The number of hydrogen-bond acceptors (Lipinski definition) is 3. The first-order chi connectivity index (χ1) is 5.08. The third-order valence-corrected chi connectivity index (χ3v) is 1.48. The molecule has 3 nitrogen and oxygen atoms in total. The zero-order valence-electron chi connectivity index (χ0n) is 7.68. The van der Waals surface area contributed by atoms with Crippen molar-refractivity contribution in [3.05, 3.63) is 0 Å². The zero-order chi connectivity index (χ0) is 8.32. The normalized spacial score (nSPS) is 22.1. The molecular weight excluding hydrogens is 140 g/mol. The van der Waals surface area contributed by atoms with Crippen molar-refractivity contribution in [3.63, 3.8) is 0 Å². The quantitative estimate of drug-likeness (QED) is 0.605. The highest BCUT2D eigenvalue weighted by molar-refractivity contribution is 4.64. The highest BCUT2D eigenvalue weighted by Crippen LogP contribution is 2.10. The molecule has 0 amide bonds. The second-order valence-electron chi connectivity index (χ2n) is 3.88. The summed E-state index contributed by atoms with van der Waals surface area (Å²) in [7, 11) is 0. The molecule has 1 N–H and O–H groups in total. The van der Waals surface area contributed by atoms with Crippen LogP contribution in [0, 0.1) is 0 Å². The lowest BCUT2D eigenvalue weighted by Crippen LogP contribution is -2.46. The Balaban J connectivity index is 2.24. The Morgan fingerprint density at radius 3 is 2.18 bits per heavy atom. The SMILES string of the molecule is CC(C)(C)ON1CCNCC1. The van der Waals surface area contributed by atoms with Crippen LogP contribution in [0.2, 0.25) is 0 Å². The summed E-state index contributed by atoms with van der Waals surface area (Å²) in [6, 6.07) is 0. The molecule has 0 aromatic heterocycles. The summed E-state index contributed by atoms with van der Waals surface area (Å²) in [5, 5.41) is 5.32. The predicted octanol–water partition coefficient (Wildman–Crippen LogP) is 0.622. The molecule has 3 heteroatoms. The second-order valence-corrected chi connectivity index (χ2v) is 3.88. The summed E-state index contributed by atoms with van der Waals surface area (Å²) in [5.74, 6) is 0. The van der Waals surface area contributed by atoms with E-state index < -0.39 is 0 Å². The Hall–Kier alpha value is -0.120. The molecule has 0 radical (unpaired) electrons. The van der Waals surface area contributed by atoms with Gasteiger partial charge in [0.15, 0.2) is 0 Å². The van der Waals surface area contributed by atoms with Gasteiger partial charge in [-0.25, -0.2) is 0 Å². The summed E-state index contributed by atoms with van der Waals surface area (Å²) in [6.45, 7) is 10.3. The van der Waals surface area contributed by atoms with Gasteiger partial charge in [-0.2, -0.15) is 5.06 Å². The van der Waals surface area contributed by atoms with E-state index in [0.717, 1.165) is 26.2 Å². The topological polar surface area (TPSA) is 24.5 Å². The van der Waals surface area contributed by atoms with E-state index >= 15 is 0 Å². The van der Waals surface area contributed by atoms with Crippen molar-refractivity contribution in [1.29, 1.82) is 0 Å². The Morgan fingerprint density at radius 2 is 1.73 bits per heavy atom. The third kappa shape index (κ3) is 3.70. The molecule has 11 heavy (non-hydrogen) atoms. The Labute approximate surface area is 68.7 Å². The van der Waals surface area contributed by atoms with E-state index in [2.05, 4.69) is 26.1 Å². The average molecular weight is 158 g/mol. The number of hydrogen-bond donors (Lipinski definition) is 1. The Bertz CT molecular complexity index is 114. The maximum absolute atomic E-state index is 5.67. The third-order valence-electron chi connectivity index (χ3n) is 1.48. The molecule has 1 aliphatic rings. The van der Waals surface area contributed by atoms with Gasteiger partial charge in [-0.1, -0.05) is 0 Å². The van der Waals surface area contributed by atoms with Crippen molar-refractivity contribution in [3.8, 4) is 0 Å². The van der Waals surface area contributed by atoms with Gasteiger partial charge in [0.25, 0.3) is 0 Å². The maximum atomic E-state index is 5.67. The van der Waals surface area contributed by atoms with Gasteiger partial charge < -0.3 is 5.32 Å². The number of rotatable bonds is 1. The van der Waals surface area contributed by atoms with Gasteiger partial charge in [-0.15, -0.1) is 0 Å². The lowest BCUT2D eigenvalue weighted by atomic mass is 10.2. The van der Waals surface area contributed by atoms with Gasteiger partial charge >= 0.3 is 0 Å². The van der Waals surface area contributed by atoms with Crippen LogP contribution in [0.25, 0.3) is 0 Å². The van der Waals surface area contributed by atoms with Crippen molar-refractivity contribution < 1.29 is 4.84 Å². The van der Waals surface area contributed by atoms with Crippen molar-refractivity contribution in [1.82, 2.24) is 10.4 Å². The van der Waals surface area contributed by atoms with Crippen molar-refractivity contribution >= 4 is 0 Å². The van der Waals surface area contributed by atoms with E-state index in [1.165, 1.54) is 0 Å². The highest BCUT2D eigenvalue weighted by Gasteiger charge is 2.18. The second kappa shape index (κ2) is 3.52. The molecule has 0 aromatic carbocycles. The smallest absolute Gasteiger partial charge is 0.0815 e. The lowest BCUT2D eigenvalue weighted by Gasteiger charge is -2.32. The van der Waals surface area contributed by atoms with Crippen molar-refractivity contribution in [2.45, 2.75) is 26.4 Å². The summed E-state index contributed by atoms with van der Waals surface area (Å²) >= 11 is 0. The van der Waals surface area contributed by atoms with Gasteiger partial charge in [0.2, 0.25) is 0 Å². The molecule has 1 saturated heterocycles. The van der Waals surface area contributed by atoms with Gasteiger partial charge in [0, 0.05) is 26.2 Å². The molecule has 0 aliphatic carbocycles. The van der Waals surface area contributed by atoms with E-state index in [-0.39, 0.29) is 5.60 Å². The fourth-order valence-corrected chi connectivity index (χ4v) is 1.12. The van der Waals surface area contributed by atoms with Gasteiger partial charge in [0.05, 0.1) is 5.60 Å². The first-order valence-electron chi connectivity index (χ1n) is 4.23. The van der Waals surface area contributed by atoms with Crippen LogP contribution in [-0.2, 0) is 4.84 Å². The fraction of sp³-hybridized carbons (Fsp3) is 1.00. The molecule has 1 aliphatic heterocycles. The molecule has 0 bridgehead atoms. The van der Waals surface area contributed by atoms with Crippen LogP contribution in [0.15, 0.2) is 0 Å². The van der Waals surface area contributed by atoms with E-state index in [0.29, 0.717) is 0 Å². The molecule has 1 fully saturated rings. The highest BCUT2D eigenvalue weighted by atomic mass is 16.7. The molecule has 0 unspecified atom stereocenters. The first-order valence-corrected chi connectivity index (χ1v) is 4.23. The summed E-state index contributed by atoms with van der Waals surface area (Å²) in [6.07, 6.45) is 0. The van der Waals surface area contributed by atoms with E-state index in [9.17, 15) is 0 Å². The van der Waals surface area contributed by atoms with Crippen LogP contribution in [0.1, 0.15) is 20.8 Å². The summed E-state index contributed by atoms with van der Waals surface area (Å²) < 4.78 is 0. The number of nitrogens with zero attached hydrogens (tertiary/aromatic N) is 1. The molecule has 1 heterocycles. The molecule has 0 spiro atoms. The molecule has 0 aromatic rings. The number of piperazine rings is 1. The van der Waals surface area contributed by atoms with Crippen molar-refractivity contribution in [2.24, 2.45) is 0 Å². The molecule has 1 rings (SSSR count). The van der Waals surface area contributed by atoms with Crippen LogP contribution in [-0.4, -0.2) is 36.8 Å². The molecular formula is C8H18N2O. The maximum Gasteiger partial charge on any atom is 0.0815 e. The molecule has 66 valence electrons. The van der Waals surface area contributed by atoms with Crippen LogP contribution >= 0.6 is 0 Å². The van der Waals surface area contributed by atoms with Gasteiger partial charge in [-0.05, 0) is 20.8 Å². The fourth-order valence-electron chi connectivity index (χ4n) is 1.12. The van der Waals surface area contributed by atoms with Gasteiger partial charge in [0.1, 0.15) is 0 Å². The van der Waals surface area contributed by atoms with Crippen LogP contribution in [0.3, 0.4) is 0 Å². The van der Waals surface area contributed by atoms with Crippen molar-refractivity contribution in [2.75, 3.05) is 26.2 Å². The monoisotopic (exact) mass is 158 g/mol. The minimum atomic E-state index is -0.0443. The summed E-state index contributed by atoms with van der Waals surface area (Å²) in [4.78, 5) is 5.67. The van der Waals surface area contributed by atoms with E-state index in [4.69, 9.17) is 4.84 Å². The molecule has 0 atom stereocenters. The largest absolute Gasteiger partial charge is 0.314 e. The minimum Gasteiger partial charge on any atom is -0.314 e. The number of hydroxylamine groups is 2. The summed E-state index contributed by atoms with van der Waals surface area (Å²) in [5.41, 5.74) is -0.0443. The first kappa shape index (κ1) is 8.97. The Morgan fingerprint density at radius 1 is 1.18 bits per heavy atom. The Kier molecular flexibility index (Phi) is 2.87. The molecule has 0 saturated carbocycles. The standard InChI is InChI=1S/C8H18N2O/c1-8(2,3)11-10-6-4-9-5-7-10/h9H,4-7H2,1-3H3. The zero-order valence-corrected chi connectivity index (χ0v) is 7.68. The van der Waals surface area contributed by atoms with Crippen LogP contribution in [0.4, 0.5) is 0 Å². The van der Waals surface area contributed by atoms with E-state index in [1.807, 2.05) is 5.06 Å². The minimum absolute atomic E-state index is 0.0443. The lowest BCUT2D eigenvalue weighted by molar-refractivity contribution is -0.232. The van der Waals surface area contributed by atoms with Gasteiger partial charge in [-0.3, -0.25) is 4.84 Å². The predicted molar refractivity (Wildman–Crippen MR) is 45.3 cm³/mol.